The van der Waals surface area contributed by atoms with Crippen LogP contribution in [0.15, 0.2) is 42.7 Å². The maximum atomic E-state index is 13.3. The molecule has 3 heterocycles. The predicted octanol–water partition coefficient (Wildman–Crippen LogP) is 5.37. The van der Waals surface area contributed by atoms with Crippen molar-refractivity contribution < 1.29 is 4.79 Å². The van der Waals surface area contributed by atoms with Crippen molar-refractivity contribution >= 4 is 28.7 Å². The van der Waals surface area contributed by atoms with Crippen molar-refractivity contribution in [1.82, 2.24) is 14.5 Å². The van der Waals surface area contributed by atoms with Crippen LogP contribution in [0.3, 0.4) is 0 Å². The number of carbonyl (C=O) groups excluding carboxylic acids is 1. The number of nitrogens with zero attached hydrogens (tertiary/aromatic N) is 3. The number of carbonyl (C=O) groups is 1. The minimum absolute atomic E-state index is 0.0332. The Morgan fingerprint density at radius 2 is 1.96 bits per heavy atom. The maximum absolute atomic E-state index is 13.3. The van der Waals surface area contributed by atoms with E-state index in [9.17, 15) is 4.79 Å². The Bertz CT molecular complexity index is 972. The van der Waals surface area contributed by atoms with Gasteiger partial charge in [0.15, 0.2) is 5.78 Å². The minimum atomic E-state index is -0.0332. The summed E-state index contributed by atoms with van der Waals surface area (Å²) >= 11 is 7.97. The summed E-state index contributed by atoms with van der Waals surface area (Å²) in [5.41, 5.74) is 1.25. The van der Waals surface area contributed by atoms with E-state index in [-0.39, 0.29) is 5.78 Å². The molecule has 0 bridgehead atoms. The molecule has 1 aliphatic rings. The molecule has 4 nitrogen and oxygen atoms in total. The van der Waals surface area contributed by atoms with Gasteiger partial charge in [0, 0.05) is 22.8 Å². The average Bonchev–Trinajstić information content (AvgIpc) is 3.35. The van der Waals surface area contributed by atoms with Crippen molar-refractivity contribution in [2.75, 3.05) is 13.1 Å². The van der Waals surface area contributed by atoms with Crippen LogP contribution in [-0.4, -0.2) is 33.3 Å². The van der Waals surface area contributed by atoms with Crippen molar-refractivity contribution in [3.8, 4) is 5.00 Å². The molecule has 2 aromatic heterocycles. The lowest BCUT2D eigenvalue weighted by Crippen LogP contribution is -2.30. The van der Waals surface area contributed by atoms with Crippen LogP contribution in [0.1, 0.15) is 52.8 Å². The second-order valence-electron chi connectivity index (χ2n) is 7.14. The number of imidazole rings is 1. The molecule has 1 saturated heterocycles. The van der Waals surface area contributed by atoms with E-state index in [1.54, 1.807) is 23.5 Å². The van der Waals surface area contributed by atoms with Crippen LogP contribution in [0, 0.1) is 0 Å². The average molecular weight is 414 g/mol. The zero-order valence-corrected chi connectivity index (χ0v) is 17.6. The van der Waals surface area contributed by atoms with Crippen molar-refractivity contribution in [1.29, 1.82) is 0 Å². The fourth-order valence-corrected chi connectivity index (χ4v) is 5.01. The third kappa shape index (κ3) is 3.93. The number of rotatable bonds is 6. The van der Waals surface area contributed by atoms with E-state index in [2.05, 4.69) is 21.4 Å². The van der Waals surface area contributed by atoms with Gasteiger partial charge in [0.25, 0.3) is 0 Å². The zero-order valence-electron chi connectivity index (χ0n) is 16.0. The van der Waals surface area contributed by atoms with Gasteiger partial charge in [0.2, 0.25) is 0 Å². The van der Waals surface area contributed by atoms with Crippen LogP contribution in [0.4, 0.5) is 0 Å². The molecule has 0 radical (unpaired) electrons. The van der Waals surface area contributed by atoms with E-state index in [1.807, 2.05) is 30.6 Å². The second kappa shape index (κ2) is 8.60. The van der Waals surface area contributed by atoms with E-state index in [1.165, 1.54) is 24.1 Å². The van der Waals surface area contributed by atoms with Gasteiger partial charge in [-0.3, -0.25) is 14.3 Å². The topological polar surface area (TPSA) is 38.1 Å². The summed E-state index contributed by atoms with van der Waals surface area (Å²) in [4.78, 5) is 21.5. The molecule has 6 heteroatoms. The lowest BCUT2D eigenvalue weighted by atomic mass is 10.0. The Hall–Kier alpha value is -1.95. The number of ketones is 1. The van der Waals surface area contributed by atoms with Gasteiger partial charge >= 0.3 is 0 Å². The minimum Gasteiger partial charge on any atom is -0.296 e. The number of thiophene rings is 1. The van der Waals surface area contributed by atoms with E-state index >= 15 is 0 Å². The quantitative estimate of drug-likeness (QED) is 0.510. The monoisotopic (exact) mass is 413 g/mol. The summed E-state index contributed by atoms with van der Waals surface area (Å²) in [6.45, 7) is 5.15. The molecule has 1 fully saturated rings. The fraction of sp³-hybridized carbons (Fsp3) is 0.364. The van der Waals surface area contributed by atoms with Crippen LogP contribution in [0.2, 0.25) is 5.02 Å². The van der Waals surface area contributed by atoms with Crippen LogP contribution in [-0.2, 0) is 13.0 Å². The van der Waals surface area contributed by atoms with Gasteiger partial charge in [-0.25, -0.2) is 4.98 Å². The third-order valence-corrected chi connectivity index (χ3v) is 6.83. The molecular formula is C22H24ClN3OS. The Morgan fingerprint density at radius 1 is 1.18 bits per heavy atom. The molecule has 0 saturated carbocycles. The lowest BCUT2D eigenvalue weighted by Gasteiger charge is -2.26. The highest BCUT2D eigenvalue weighted by Gasteiger charge is 2.22. The number of hydrogen-bond donors (Lipinski definition) is 0. The lowest BCUT2D eigenvalue weighted by molar-refractivity contribution is 0.103. The smallest absolute Gasteiger partial charge is 0.197 e. The van der Waals surface area contributed by atoms with Crippen molar-refractivity contribution in [3.63, 3.8) is 0 Å². The van der Waals surface area contributed by atoms with E-state index in [4.69, 9.17) is 11.6 Å². The van der Waals surface area contributed by atoms with Gasteiger partial charge in [0.1, 0.15) is 10.8 Å². The molecule has 0 atom stereocenters. The highest BCUT2D eigenvalue weighted by Crippen LogP contribution is 2.31. The normalized spacial score (nSPS) is 15.1. The summed E-state index contributed by atoms with van der Waals surface area (Å²) in [6.07, 6.45) is 8.49. The van der Waals surface area contributed by atoms with E-state index < -0.39 is 0 Å². The van der Waals surface area contributed by atoms with Gasteiger partial charge in [-0.2, -0.15) is 0 Å². The summed E-state index contributed by atoms with van der Waals surface area (Å²) < 4.78 is 2.09. The highest BCUT2D eigenvalue weighted by atomic mass is 35.5. The van der Waals surface area contributed by atoms with Crippen molar-refractivity contribution in [2.45, 2.75) is 39.2 Å². The molecule has 1 aliphatic heterocycles. The third-order valence-electron chi connectivity index (χ3n) is 5.22. The first-order valence-corrected chi connectivity index (χ1v) is 11.0. The highest BCUT2D eigenvalue weighted by molar-refractivity contribution is 7.15. The standard InChI is InChI=1S/C22H24ClN3OS/c1-2-16-14-18(21(27)17-8-4-5-9-19(17)23)22(28-16)26-13-10-24-20(26)15-25-11-6-3-7-12-25/h4-5,8-10,13-14H,2-3,6-7,11-12,15H2,1H3. The Labute approximate surface area is 174 Å². The Balaban J connectivity index is 1.71. The molecule has 0 unspecified atom stereocenters. The summed E-state index contributed by atoms with van der Waals surface area (Å²) in [7, 11) is 0. The van der Waals surface area contributed by atoms with Gasteiger partial charge in [0.05, 0.1) is 17.1 Å². The molecule has 0 spiro atoms. The van der Waals surface area contributed by atoms with Crippen LogP contribution in [0.5, 0.6) is 0 Å². The molecule has 4 rings (SSSR count). The van der Waals surface area contributed by atoms with Crippen LogP contribution >= 0.6 is 22.9 Å². The molecule has 1 aromatic carbocycles. The number of hydrogen-bond acceptors (Lipinski definition) is 4. The second-order valence-corrected chi connectivity index (χ2v) is 8.67. The van der Waals surface area contributed by atoms with Crippen LogP contribution in [0.25, 0.3) is 5.00 Å². The molecule has 0 aliphatic carbocycles. The number of aromatic nitrogens is 2. The van der Waals surface area contributed by atoms with E-state index in [0.717, 1.165) is 36.9 Å². The molecule has 0 amide bonds. The number of likely N-dealkylation sites (tertiary alicyclic amines) is 1. The van der Waals surface area contributed by atoms with Crippen molar-refractivity contribution in [2.24, 2.45) is 0 Å². The first-order valence-electron chi connectivity index (χ1n) is 9.84. The summed E-state index contributed by atoms with van der Waals surface area (Å²) in [6, 6.07) is 9.26. The predicted molar refractivity (Wildman–Crippen MR) is 115 cm³/mol. The Kier molecular flexibility index (Phi) is 5.95. The van der Waals surface area contributed by atoms with E-state index in [0.29, 0.717) is 16.1 Å². The SMILES string of the molecule is CCc1cc(C(=O)c2ccccc2Cl)c(-n2ccnc2CN2CCCCC2)s1. The fourth-order valence-electron chi connectivity index (χ4n) is 3.69. The van der Waals surface area contributed by atoms with Gasteiger partial charge in [-0.1, -0.05) is 37.1 Å². The van der Waals surface area contributed by atoms with Crippen molar-refractivity contribution in [3.05, 3.63) is 69.6 Å². The number of halogens is 1. The number of piperidine rings is 1. The molecule has 0 N–H and O–H groups in total. The summed E-state index contributed by atoms with van der Waals surface area (Å²) in [5.74, 6) is 0.953. The number of aryl methyl sites for hydroxylation is 1. The number of benzene rings is 1. The molecule has 3 aromatic rings. The summed E-state index contributed by atoms with van der Waals surface area (Å²) in [5, 5.41) is 1.42. The molecular weight excluding hydrogens is 390 g/mol. The largest absolute Gasteiger partial charge is 0.296 e. The van der Waals surface area contributed by atoms with Gasteiger partial charge < -0.3 is 0 Å². The molecule has 28 heavy (non-hydrogen) atoms. The first-order chi connectivity index (χ1) is 13.7. The van der Waals surface area contributed by atoms with Gasteiger partial charge in [-0.05, 0) is 50.6 Å². The molecule has 146 valence electrons. The first kappa shape index (κ1) is 19.4. The zero-order chi connectivity index (χ0) is 19.5. The maximum Gasteiger partial charge on any atom is 0.197 e. The Morgan fingerprint density at radius 3 is 2.71 bits per heavy atom. The van der Waals surface area contributed by atoms with Gasteiger partial charge in [-0.15, -0.1) is 11.3 Å². The van der Waals surface area contributed by atoms with Crippen LogP contribution < -0.4 is 0 Å².